The number of halogens is 6. The van der Waals surface area contributed by atoms with Crippen molar-refractivity contribution in [2.24, 2.45) is 0 Å². The van der Waals surface area contributed by atoms with Gasteiger partial charge in [0, 0.05) is 0 Å². The van der Waals surface area contributed by atoms with Crippen LogP contribution in [0.3, 0.4) is 0 Å². The molecule has 4 nitrogen and oxygen atoms in total. The summed E-state index contributed by atoms with van der Waals surface area (Å²) in [4.78, 5) is 20.1. The zero-order valence-electron chi connectivity index (χ0n) is 9.92. The highest BCUT2D eigenvalue weighted by molar-refractivity contribution is 9.12. The predicted octanol–water partition coefficient (Wildman–Crippen LogP) is 3.91. The van der Waals surface area contributed by atoms with Gasteiger partial charge in [0.25, 0.3) is 0 Å². The molecule has 0 fully saturated rings. The second-order valence-electron chi connectivity index (χ2n) is 3.82. The van der Waals surface area contributed by atoms with Gasteiger partial charge in [0.1, 0.15) is 9.65 Å². The molecule has 1 aromatic carbocycles. The van der Waals surface area contributed by atoms with E-state index in [0.29, 0.717) is 6.07 Å². The van der Waals surface area contributed by atoms with Crippen molar-refractivity contribution < 1.29 is 27.9 Å². The number of anilines is 1. The van der Waals surface area contributed by atoms with E-state index in [-0.39, 0.29) is 10.7 Å². The lowest BCUT2D eigenvalue weighted by molar-refractivity contribution is -0.138. The van der Waals surface area contributed by atoms with Gasteiger partial charge in [-0.25, -0.2) is 0 Å². The Bertz CT molecular complexity index is 568. The van der Waals surface area contributed by atoms with Gasteiger partial charge in [-0.15, -0.1) is 0 Å². The van der Waals surface area contributed by atoms with E-state index < -0.39 is 33.3 Å². The maximum absolute atomic E-state index is 12.6. The molecule has 0 heterocycles. The van der Waals surface area contributed by atoms with Crippen LogP contribution in [0.4, 0.5) is 18.9 Å². The van der Waals surface area contributed by atoms with Crippen molar-refractivity contribution in [3.63, 3.8) is 0 Å². The summed E-state index contributed by atoms with van der Waals surface area (Å²) in [5.41, 5.74) is -1.24. The van der Waals surface area contributed by atoms with Crippen molar-refractivity contribution in [1.82, 2.24) is 0 Å². The molecule has 1 aromatic rings. The summed E-state index contributed by atoms with van der Waals surface area (Å²) in [6.07, 6.45) is -4.59. The van der Waals surface area contributed by atoms with E-state index in [1.54, 1.807) is 0 Å². The van der Waals surface area contributed by atoms with Gasteiger partial charge in [-0.3, -0.25) is 9.59 Å². The zero-order valence-corrected chi connectivity index (χ0v) is 13.8. The molecule has 0 spiro atoms. The minimum atomic E-state index is -4.59. The molecule has 10 heteroatoms. The average Bonchev–Trinajstić information content (AvgIpc) is 2.37. The zero-order chi connectivity index (χ0) is 16.4. The summed E-state index contributed by atoms with van der Waals surface area (Å²) in [6, 6.07) is 2.43. The van der Waals surface area contributed by atoms with Gasteiger partial charge >= 0.3 is 12.1 Å². The molecule has 0 unspecified atom stereocenters. The van der Waals surface area contributed by atoms with Crippen LogP contribution in [0.5, 0.6) is 0 Å². The summed E-state index contributed by atoms with van der Waals surface area (Å²) in [5, 5.41) is 10.8. The first-order valence-corrected chi connectivity index (χ1v) is 7.43. The first kappa shape index (κ1) is 18.2. The van der Waals surface area contributed by atoms with Crippen molar-refractivity contribution in [2.45, 2.75) is 15.8 Å². The average molecular weight is 453 g/mol. The van der Waals surface area contributed by atoms with Gasteiger partial charge in [-0.05, 0) is 18.2 Å². The highest BCUT2D eigenvalue weighted by Crippen LogP contribution is 2.34. The molecule has 0 radical (unpaired) electrons. The molecule has 116 valence electrons. The molecule has 1 amide bonds. The third kappa shape index (κ3) is 4.86. The summed E-state index contributed by atoms with van der Waals surface area (Å²) < 4.78 is 37.7. The largest absolute Gasteiger partial charge is 0.480 e. The van der Waals surface area contributed by atoms with Gasteiger partial charge in [-0.2, -0.15) is 13.2 Å². The highest BCUT2D eigenvalue weighted by atomic mass is 79.9. The molecule has 1 rings (SSSR count). The number of carbonyl (C=O) groups excluding carboxylic acids is 1. The van der Waals surface area contributed by atoms with Crippen LogP contribution in [0.25, 0.3) is 0 Å². The van der Waals surface area contributed by atoms with E-state index in [1.807, 2.05) is 0 Å². The smallest absolute Gasteiger partial charge is 0.416 e. The Labute approximate surface area is 138 Å². The maximum atomic E-state index is 12.6. The maximum Gasteiger partial charge on any atom is 0.416 e. The van der Waals surface area contributed by atoms with Crippen molar-refractivity contribution in [3.8, 4) is 0 Å². The number of nitrogens with one attached hydrogen (secondary N) is 1. The van der Waals surface area contributed by atoms with E-state index in [2.05, 4.69) is 37.2 Å². The minimum absolute atomic E-state index is 0.0995. The number of hydrogen-bond donors (Lipinski definition) is 2. The van der Waals surface area contributed by atoms with E-state index >= 15 is 0 Å². The molecule has 2 N–H and O–H groups in total. The third-order valence-corrected chi connectivity index (χ3v) is 5.20. The monoisotopic (exact) mass is 451 g/mol. The van der Waals surface area contributed by atoms with E-state index in [9.17, 15) is 22.8 Å². The van der Waals surface area contributed by atoms with Crippen LogP contribution < -0.4 is 5.32 Å². The number of aliphatic carboxylic acids is 1. The fourth-order valence-corrected chi connectivity index (χ4v) is 2.00. The third-order valence-electron chi connectivity index (χ3n) is 2.29. The van der Waals surface area contributed by atoms with Gasteiger partial charge in [0.15, 0.2) is 0 Å². The Balaban J connectivity index is 2.97. The number of benzene rings is 1. The lowest BCUT2D eigenvalue weighted by Gasteiger charge is -2.15. The Kier molecular flexibility index (Phi) is 6.06. The van der Waals surface area contributed by atoms with Gasteiger partial charge < -0.3 is 10.4 Å². The Morgan fingerprint density at radius 1 is 1.24 bits per heavy atom. The number of alkyl halides is 5. The number of hydrogen-bond acceptors (Lipinski definition) is 2. The van der Waals surface area contributed by atoms with Crippen molar-refractivity contribution in [3.05, 3.63) is 28.8 Å². The molecular formula is C11H7Br2ClF3NO3. The van der Waals surface area contributed by atoms with Gasteiger partial charge in [-0.1, -0.05) is 43.5 Å². The second kappa shape index (κ2) is 6.97. The number of carboxylic acids is 1. The molecule has 0 saturated heterocycles. The normalized spacial score (nSPS) is 14.4. The second-order valence-corrected chi connectivity index (χ2v) is 6.20. The quantitative estimate of drug-likeness (QED) is 0.680. The number of amides is 1. The van der Waals surface area contributed by atoms with Crippen LogP contribution in [-0.2, 0) is 15.8 Å². The van der Waals surface area contributed by atoms with Crippen LogP contribution in [0, 0.1) is 0 Å². The topological polar surface area (TPSA) is 66.4 Å². The molecule has 0 aliphatic heterocycles. The molecule has 2 atom stereocenters. The van der Waals surface area contributed by atoms with Gasteiger partial charge in [0.05, 0.1) is 16.3 Å². The molecule has 0 bridgehead atoms. The molecule has 0 aliphatic rings. The Morgan fingerprint density at radius 3 is 2.29 bits per heavy atom. The predicted molar refractivity (Wildman–Crippen MR) is 78.1 cm³/mol. The van der Waals surface area contributed by atoms with Crippen LogP contribution in [-0.4, -0.2) is 26.6 Å². The summed E-state index contributed by atoms with van der Waals surface area (Å²) >= 11 is 11.3. The van der Waals surface area contributed by atoms with Crippen LogP contribution in [0.1, 0.15) is 5.56 Å². The summed E-state index contributed by atoms with van der Waals surface area (Å²) in [6.45, 7) is 0. The fraction of sp³-hybridized carbons (Fsp3) is 0.273. The van der Waals surface area contributed by atoms with Crippen molar-refractivity contribution in [1.29, 1.82) is 0 Å². The Morgan fingerprint density at radius 2 is 1.81 bits per heavy atom. The molecule has 0 aromatic heterocycles. The first-order chi connectivity index (χ1) is 9.54. The van der Waals surface area contributed by atoms with E-state index in [0.717, 1.165) is 12.1 Å². The van der Waals surface area contributed by atoms with Gasteiger partial charge in [0.2, 0.25) is 5.91 Å². The van der Waals surface area contributed by atoms with Crippen molar-refractivity contribution >= 4 is 61.0 Å². The number of carbonyl (C=O) groups is 2. The standard InChI is InChI=1S/C11H7Br2ClF3NO3/c12-7(8(13)10(20)21)9(19)18-6-3-4(11(15,16)17)1-2-5(6)14/h1-3,7-8H,(H,18,19)(H,20,21)/t7-,8+/m1/s1. The molecular weight excluding hydrogens is 446 g/mol. The summed E-state index contributed by atoms with van der Waals surface area (Å²) in [7, 11) is 0. The minimum Gasteiger partial charge on any atom is -0.480 e. The fourth-order valence-electron chi connectivity index (χ4n) is 1.26. The Hall–Kier alpha value is -0.800. The molecule has 0 saturated carbocycles. The van der Waals surface area contributed by atoms with E-state index in [1.165, 1.54) is 0 Å². The SMILES string of the molecule is O=C(O)[C@@H](Br)[C@@H](Br)C(=O)Nc1cc(C(F)(F)F)ccc1Cl. The van der Waals surface area contributed by atoms with E-state index in [4.69, 9.17) is 16.7 Å². The van der Waals surface area contributed by atoms with Crippen LogP contribution in [0.15, 0.2) is 18.2 Å². The molecule has 21 heavy (non-hydrogen) atoms. The first-order valence-electron chi connectivity index (χ1n) is 5.22. The molecule has 0 aliphatic carbocycles. The van der Waals surface area contributed by atoms with Crippen molar-refractivity contribution in [2.75, 3.05) is 5.32 Å². The summed E-state index contributed by atoms with van der Waals surface area (Å²) in [5.74, 6) is -2.15. The lowest BCUT2D eigenvalue weighted by atomic mass is 10.2. The number of rotatable bonds is 4. The van der Waals surface area contributed by atoms with Crippen LogP contribution in [0.2, 0.25) is 5.02 Å². The lowest BCUT2D eigenvalue weighted by Crippen LogP contribution is -2.34. The highest BCUT2D eigenvalue weighted by Gasteiger charge is 2.32. The number of carboxylic acid groups (broad SMARTS) is 1. The van der Waals surface area contributed by atoms with Crippen LogP contribution >= 0.6 is 43.5 Å².